The Morgan fingerprint density at radius 2 is 1.84 bits per heavy atom. The molecule has 0 saturated heterocycles. The van der Waals surface area contributed by atoms with Crippen LogP contribution in [0.3, 0.4) is 0 Å². The normalized spacial score (nSPS) is 12.6. The number of para-hydroxylation sites is 1. The molecular weight excluding hydrogens is 457 g/mol. The first-order valence-electron chi connectivity index (χ1n) is 9.24. The lowest BCUT2D eigenvalue weighted by Gasteiger charge is -2.15. The second-order valence-electron chi connectivity index (χ2n) is 6.84. The van der Waals surface area contributed by atoms with Crippen molar-refractivity contribution in [2.24, 2.45) is 0 Å². The van der Waals surface area contributed by atoms with Crippen molar-refractivity contribution in [1.29, 1.82) is 0 Å². The minimum absolute atomic E-state index is 0.0319. The number of hydrogen-bond acceptors (Lipinski definition) is 5. The molecule has 164 valence electrons. The number of fused-ring (bicyclic) bond motifs is 1. The van der Waals surface area contributed by atoms with Crippen LogP contribution in [0.15, 0.2) is 87.2 Å². The van der Waals surface area contributed by atoms with Crippen LogP contribution < -0.4 is 4.72 Å². The molecule has 3 aromatic carbocycles. The van der Waals surface area contributed by atoms with E-state index < -0.39 is 33.0 Å². The molecule has 0 amide bonds. The van der Waals surface area contributed by atoms with E-state index in [-0.39, 0.29) is 27.0 Å². The second-order valence-corrected chi connectivity index (χ2v) is 9.88. The van der Waals surface area contributed by atoms with Crippen molar-refractivity contribution in [2.75, 3.05) is 4.72 Å². The number of benzene rings is 3. The first-order chi connectivity index (χ1) is 15.2. The highest BCUT2D eigenvalue weighted by Crippen LogP contribution is 2.30. The maximum atomic E-state index is 13.9. The molecule has 2 N–H and O–H groups in total. The molecule has 4 rings (SSSR count). The number of carboxylic acid groups (broad SMARTS) is 1. The van der Waals surface area contributed by atoms with Gasteiger partial charge in [0.25, 0.3) is 10.0 Å². The highest BCUT2D eigenvalue weighted by molar-refractivity contribution is 7.93. The zero-order valence-electron chi connectivity index (χ0n) is 16.3. The topological polar surface area (TPSA) is 120 Å². The third-order valence-corrected chi connectivity index (χ3v) is 7.23. The predicted molar refractivity (Wildman–Crippen MR) is 117 cm³/mol. The first kappa shape index (κ1) is 21.9. The van der Waals surface area contributed by atoms with Crippen LogP contribution in [0.1, 0.15) is 15.9 Å². The summed E-state index contributed by atoms with van der Waals surface area (Å²) in [6.07, 6.45) is 0. The number of aromatic carboxylic acids is 1. The number of carboxylic acids is 1. The van der Waals surface area contributed by atoms with Crippen molar-refractivity contribution in [3.63, 3.8) is 0 Å². The maximum absolute atomic E-state index is 13.9. The van der Waals surface area contributed by atoms with E-state index in [1.54, 1.807) is 30.3 Å². The van der Waals surface area contributed by atoms with Crippen LogP contribution in [0.2, 0.25) is 0 Å². The van der Waals surface area contributed by atoms with Gasteiger partial charge >= 0.3 is 5.97 Å². The van der Waals surface area contributed by atoms with E-state index in [4.69, 9.17) is 9.52 Å². The number of furan rings is 1. The Labute approximate surface area is 185 Å². The van der Waals surface area contributed by atoms with Gasteiger partial charge in [0.05, 0.1) is 5.56 Å². The zero-order valence-corrected chi connectivity index (χ0v) is 18.0. The Hall–Kier alpha value is -3.34. The van der Waals surface area contributed by atoms with Crippen LogP contribution in [0.25, 0.3) is 11.0 Å². The Bertz CT molecular complexity index is 1380. The van der Waals surface area contributed by atoms with Crippen LogP contribution >= 0.6 is 0 Å². The largest absolute Gasteiger partial charge is 0.611 e. The van der Waals surface area contributed by atoms with Gasteiger partial charge in [0.15, 0.2) is 4.90 Å². The summed E-state index contributed by atoms with van der Waals surface area (Å²) in [6.45, 7) is 0. The number of anilines is 1. The summed E-state index contributed by atoms with van der Waals surface area (Å²) in [5.74, 6) is -1.94. The molecule has 32 heavy (non-hydrogen) atoms. The van der Waals surface area contributed by atoms with Crippen LogP contribution in [0, 0.1) is 5.82 Å². The van der Waals surface area contributed by atoms with E-state index in [2.05, 4.69) is 4.72 Å². The van der Waals surface area contributed by atoms with Crippen molar-refractivity contribution in [2.45, 2.75) is 15.7 Å². The van der Waals surface area contributed by atoms with Gasteiger partial charge in [-0.3, -0.25) is 4.72 Å². The number of nitrogens with one attached hydrogen (secondary N) is 1. The van der Waals surface area contributed by atoms with E-state index >= 15 is 0 Å². The van der Waals surface area contributed by atoms with Gasteiger partial charge < -0.3 is 14.1 Å². The maximum Gasteiger partial charge on any atom is 0.335 e. The third-order valence-electron chi connectivity index (χ3n) is 4.57. The molecule has 0 aliphatic heterocycles. The highest BCUT2D eigenvalue weighted by atomic mass is 32.2. The molecule has 1 aromatic heterocycles. The van der Waals surface area contributed by atoms with E-state index in [0.717, 1.165) is 12.1 Å². The lowest BCUT2D eigenvalue weighted by Crippen LogP contribution is -2.16. The fraction of sp³-hybridized carbons (Fsp3) is 0.0455. The number of rotatable bonds is 7. The van der Waals surface area contributed by atoms with Gasteiger partial charge in [-0.25, -0.2) is 9.18 Å². The van der Waals surface area contributed by atoms with E-state index in [0.29, 0.717) is 16.5 Å². The fourth-order valence-electron chi connectivity index (χ4n) is 3.09. The number of carbonyl (C=O) groups is 1. The summed E-state index contributed by atoms with van der Waals surface area (Å²) >= 11 is -1.80. The summed E-state index contributed by atoms with van der Waals surface area (Å²) in [5, 5.41) is 9.33. The molecule has 1 heterocycles. The van der Waals surface area contributed by atoms with E-state index in [1.165, 1.54) is 30.3 Å². The van der Waals surface area contributed by atoms with Gasteiger partial charge in [-0.15, -0.1) is 0 Å². The number of sulfonamides is 1. The van der Waals surface area contributed by atoms with Gasteiger partial charge in [-0.05, 0) is 41.5 Å². The Morgan fingerprint density at radius 1 is 1.06 bits per heavy atom. The molecule has 0 spiro atoms. The molecule has 4 aromatic rings. The van der Waals surface area contributed by atoms with Gasteiger partial charge in [-0.1, -0.05) is 30.3 Å². The van der Waals surface area contributed by atoms with Crippen LogP contribution in [0.4, 0.5) is 10.1 Å². The van der Waals surface area contributed by atoms with Gasteiger partial charge in [0, 0.05) is 23.1 Å². The highest BCUT2D eigenvalue weighted by Gasteiger charge is 2.25. The SMILES string of the molecule is O=C(O)c1cccc(C[S+]([O-])c2ccc(F)cc2NS(=O)(=O)c2cc3ccccc3o2)c1. The van der Waals surface area contributed by atoms with Crippen molar-refractivity contribution < 1.29 is 31.7 Å². The molecule has 0 bridgehead atoms. The smallest absolute Gasteiger partial charge is 0.335 e. The van der Waals surface area contributed by atoms with Crippen molar-refractivity contribution in [3.05, 3.63) is 89.7 Å². The lowest BCUT2D eigenvalue weighted by atomic mass is 10.1. The van der Waals surface area contributed by atoms with Gasteiger partial charge in [0.2, 0.25) is 5.09 Å². The van der Waals surface area contributed by atoms with Crippen molar-refractivity contribution in [3.8, 4) is 0 Å². The first-order valence-corrected chi connectivity index (χ1v) is 12.0. The van der Waals surface area contributed by atoms with Crippen molar-refractivity contribution in [1.82, 2.24) is 0 Å². The summed E-state index contributed by atoms with van der Waals surface area (Å²) in [6, 6.07) is 17.2. The molecule has 1 unspecified atom stereocenters. The Balaban J connectivity index is 1.64. The average molecular weight is 474 g/mol. The van der Waals surface area contributed by atoms with Gasteiger partial charge in [-0.2, -0.15) is 8.42 Å². The molecule has 7 nitrogen and oxygen atoms in total. The van der Waals surface area contributed by atoms with Crippen molar-refractivity contribution >= 4 is 43.8 Å². The summed E-state index contributed by atoms with van der Waals surface area (Å²) in [7, 11) is -4.23. The van der Waals surface area contributed by atoms with E-state index in [9.17, 15) is 22.2 Å². The number of hydrogen-bond donors (Lipinski definition) is 2. The second kappa shape index (κ2) is 8.65. The molecule has 10 heteroatoms. The predicted octanol–water partition coefficient (Wildman–Crippen LogP) is 4.38. The van der Waals surface area contributed by atoms with Crippen LogP contribution in [-0.2, 0) is 27.0 Å². The van der Waals surface area contributed by atoms with E-state index in [1.807, 2.05) is 0 Å². The molecule has 0 fully saturated rings. The lowest BCUT2D eigenvalue weighted by molar-refractivity contribution is 0.0696. The molecule has 0 aliphatic rings. The van der Waals surface area contributed by atoms with Crippen LogP contribution in [0.5, 0.6) is 0 Å². The summed E-state index contributed by atoms with van der Waals surface area (Å²) < 4.78 is 60.2. The fourth-order valence-corrected chi connectivity index (χ4v) is 5.41. The standard InChI is InChI=1S/C22H16FNO6S2/c23-17-8-9-20(31(27)13-14-4-3-6-16(10-14)22(25)26)18(12-17)24-32(28,29)21-11-15-5-1-2-7-19(15)30-21/h1-12,24H,13H2,(H,25,26). The summed E-state index contributed by atoms with van der Waals surface area (Å²) in [4.78, 5) is 11.2. The molecule has 0 aliphatic carbocycles. The van der Waals surface area contributed by atoms with Gasteiger partial charge in [0.1, 0.15) is 22.8 Å². The Kier molecular flexibility index (Phi) is 5.92. The molecule has 1 atom stereocenters. The minimum Gasteiger partial charge on any atom is -0.611 e. The third kappa shape index (κ3) is 4.62. The molecule has 0 radical (unpaired) electrons. The average Bonchev–Trinajstić information content (AvgIpc) is 3.19. The Morgan fingerprint density at radius 3 is 2.59 bits per heavy atom. The minimum atomic E-state index is -4.23. The summed E-state index contributed by atoms with van der Waals surface area (Å²) in [5.41, 5.74) is 0.676. The quantitative estimate of drug-likeness (QED) is 0.385. The monoisotopic (exact) mass is 473 g/mol. The molecular formula is C22H16FNO6S2. The zero-order chi connectivity index (χ0) is 22.9. The molecule has 0 saturated carbocycles. The number of halogens is 1. The van der Waals surface area contributed by atoms with Crippen LogP contribution in [-0.4, -0.2) is 24.0 Å².